The number of cyclic esters (lactones) is 2. The Labute approximate surface area is 110 Å². The minimum absolute atomic E-state index is 0.0289. The van der Waals surface area contributed by atoms with Crippen molar-refractivity contribution >= 4 is 6.16 Å². The average molecular weight is 258 g/mol. The van der Waals surface area contributed by atoms with Gasteiger partial charge in [0, 0.05) is 0 Å². The number of aliphatic hydroxyl groups excluding tert-OH is 1. The number of ether oxygens (including phenoxy) is 2. The summed E-state index contributed by atoms with van der Waals surface area (Å²) in [6.07, 6.45) is 2.92. The van der Waals surface area contributed by atoms with Crippen molar-refractivity contribution in [1.82, 2.24) is 0 Å². The van der Waals surface area contributed by atoms with Crippen molar-refractivity contribution in [2.24, 2.45) is 17.8 Å². The van der Waals surface area contributed by atoms with E-state index in [2.05, 4.69) is 30.2 Å². The van der Waals surface area contributed by atoms with Crippen LogP contribution in [0, 0.1) is 17.8 Å². The Morgan fingerprint density at radius 3 is 2.28 bits per heavy atom. The Morgan fingerprint density at radius 1 is 1.28 bits per heavy atom. The Balaban J connectivity index is 0.000000199. The third kappa shape index (κ3) is 4.84. The molecule has 4 unspecified atom stereocenters. The summed E-state index contributed by atoms with van der Waals surface area (Å²) in [5, 5.41) is 9.71. The highest BCUT2D eigenvalue weighted by Gasteiger charge is 2.28. The van der Waals surface area contributed by atoms with Crippen molar-refractivity contribution in [2.45, 2.75) is 59.2 Å². The zero-order chi connectivity index (χ0) is 13.7. The molecular weight excluding hydrogens is 232 g/mol. The smallest absolute Gasteiger partial charge is 0.430 e. The van der Waals surface area contributed by atoms with Gasteiger partial charge in [-0.25, -0.2) is 4.79 Å². The van der Waals surface area contributed by atoms with E-state index < -0.39 is 6.16 Å². The van der Waals surface area contributed by atoms with E-state index in [1.807, 2.05) is 0 Å². The lowest BCUT2D eigenvalue weighted by Crippen LogP contribution is -2.31. The first-order valence-electron chi connectivity index (χ1n) is 6.91. The van der Waals surface area contributed by atoms with E-state index in [0.29, 0.717) is 18.4 Å². The van der Waals surface area contributed by atoms with Crippen LogP contribution in [0.1, 0.15) is 47.0 Å². The van der Waals surface area contributed by atoms with E-state index in [-0.39, 0.29) is 12.2 Å². The molecule has 4 nitrogen and oxygen atoms in total. The molecule has 0 amide bonds. The molecule has 2 aliphatic rings. The summed E-state index contributed by atoms with van der Waals surface area (Å²) in [7, 11) is 0. The first kappa shape index (κ1) is 15.3. The SMILES string of the molecule is CC1CCC(C(C)C)C(O)C1.CC1COC(=O)O1. The molecule has 1 heterocycles. The van der Waals surface area contributed by atoms with Crippen molar-refractivity contribution in [2.75, 3.05) is 6.61 Å². The third-order valence-corrected chi connectivity index (χ3v) is 3.72. The monoisotopic (exact) mass is 258 g/mol. The topological polar surface area (TPSA) is 55.8 Å². The quantitative estimate of drug-likeness (QED) is 0.735. The first-order chi connectivity index (χ1) is 8.40. The second kappa shape index (κ2) is 6.98. The summed E-state index contributed by atoms with van der Waals surface area (Å²) < 4.78 is 8.90. The van der Waals surface area contributed by atoms with Gasteiger partial charge in [-0.15, -0.1) is 0 Å². The molecule has 2 rings (SSSR count). The van der Waals surface area contributed by atoms with Crippen LogP contribution in [0.3, 0.4) is 0 Å². The lowest BCUT2D eigenvalue weighted by molar-refractivity contribution is 0.0266. The van der Waals surface area contributed by atoms with Gasteiger partial charge in [-0.3, -0.25) is 0 Å². The van der Waals surface area contributed by atoms with Crippen LogP contribution in [0.4, 0.5) is 4.79 Å². The molecule has 0 radical (unpaired) electrons. The lowest BCUT2D eigenvalue weighted by atomic mass is 9.75. The number of hydrogen-bond acceptors (Lipinski definition) is 4. The van der Waals surface area contributed by atoms with Crippen LogP contribution in [0.15, 0.2) is 0 Å². The highest BCUT2D eigenvalue weighted by Crippen LogP contribution is 2.33. The van der Waals surface area contributed by atoms with E-state index in [9.17, 15) is 9.90 Å². The zero-order valence-electron chi connectivity index (χ0n) is 11.9. The van der Waals surface area contributed by atoms with Crippen molar-refractivity contribution in [3.8, 4) is 0 Å². The van der Waals surface area contributed by atoms with Gasteiger partial charge in [-0.2, -0.15) is 0 Å². The fourth-order valence-electron chi connectivity index (χ4n) is 2.57. The molecule has 1 saturated carbocycles. The van der Waals surface area contributed by atoms with Crippen LogP contribution in [0.5, 0.6) is 0 Å². The number of carbonyl (C=O) groups excluding carboxylic acids is 1. The van der Waals surface area contributed by atoms with Gasteiger partial charge in [-0.1, -0.05) is 27.2 Å². The van der Waals surface area contributed by atoms with Gasteiger partial charge in [-0.05, 0) is 37.5 Å². The lowest BCUT2D eigenvalue weighted by Gasteiger charge is -2.33. The molecule has 2 fully saturated rings. The average Bonchev–Trinajstić information content (AvgIpc) is 2.62. The molecule has 0 spiro atoms. The highest BCUT2D eigenvalue weighted by molar-refractivity contribution is 5.61. The summed E-state index contributed by atoms with van der Waals surface area (Å²) in [6, 6.07) is 0. The van der Waals surface area contributed by atoms with E-state index >= 15 is 0 Å². The molecule has 0 aromatic rings. The van der Waals surface area contributed by atoms with Gasteiger partial charge >= 0.3 is 6.16 Å². The number of carbonyl (C=O) groups is 1. The minimum Gasteiger partial charge on any atom is -0.430 e. The minimum atomic E-state index is -0.549. The van der Waals surface area contributed by atoms with E-state index in [0.717, 1.165) is 12.3 Å². The van der Waals surface area contributed by atoms with E-state index in [4.69, 9.17) is 0 Å². The maximum Gasteiger partial charge on any atom is 0.508 e. The molecule has 18 heavy (non-hydrogen) atoms. The first-order valence-corrected chi connectivity index (χ1v) is 6.91. The maximum atomic E-state index is 10.0. The van der Waals surface area contributed by atoms with Crippen molar-refractivity contribution in [1.29, 1.82) is 0 Å². The largest absolute Gasteiger partial charge is 0.508 e. The molecule has 1 N–H and O–H groups in total. The second-order valence-electron chi connectivity index (χ2n) is 5.88. The molecule has 0 aromatic carbocycles. The van der Waals surface area contributed by atoms with Gasteiger partial charge in [0.15, 0.2) is 0 Å². The zero-order valence-corrected chi connectivity index (χ0v) is 11.9. The summed E-state index contributed by atoms with van der Waals surface area (Å²) >= 11 is 0. The standard InChI is InChI=1S/C10H20O.C4H6O3/c1-7(2)9-5-4-8(3)6-10(9)11;1-3-2-6-4(5)7-3/h7-11H,4-6H2,1-3H3;3H,2H2,1H3. The fourth-order valence-corrected chi connectivity index (χ4v) is 2.57. The van der Waals surface area contributed by atoms with Gasteiger partial charge in [0.1, 0.15) is 12.7 Å². The van der Waals surface area contributed by atoms with E-state index in [1.165, 1.54) is 12.8 Å². The normalized spacial score (nSPS) is 35.6. The van der Waals surface area contributed by atoms with Crippen molar-refractivity contribution < 1.29 is 19.4 Å². The second-order valence-corrected chi connectivity index (χ2v) is 5.88. The van der Waals surface area contributed by atoms with Gasteiger partial charge in [0.25, 0.3) is 0 Å². The predicted octanol–water partition coefficient (Wildman–Crippen LogP) is 2.98. The van der Waals surface area contributed by atoms with Crippen LogP contribution >= 0.6 is 0 Å². The Kier molecular flexibility index (Phi) is 5.93. The summed E-state index contributed by atoms with van der Waals surface area (Å²) in [5.74, 6) is 1.95. The van der Waals surface area contributed by atoms with E-state index in [1.54, 1.807) is 6.92 Å². The molecule has 4 heteroatoms. The van der Waals surface area contributed by atoms with Crippen LogP contribution in [0.2, 0.25) is 0 Å². The molecule has 4 atom stereocenters. The molecule has 106 valence electrons. The molecule has 1 aliphatic heterocycles. The van der Waals surface area contributed by atoms with Crippen LogP contribution in [0.25, 0.3) is 0 Å². The number of aliphatic hydroxyl groups is 1. The number of hydrogen-bond donors (Lipinski definition) is 1. The summed E-state index contributed by atoms with van der Waals surface area (Å²) in [5.41, 5.74) is 0. The fraction of sp³-hybridized carbons (Fsp3) is 0.929. The van der Waals surface area contributed by atoms with Gasteiger partial charge in [0.2, 0.25) is 0 Å². The Hall–Kier alpha value is -0.770. The summed E-state index contributed by atoms with van der Waals surface area (Å²) in [4.78, 5) is 10.0. The highest BCUT2D eigenvalue weighted by atomic mass is 16.8. The van der Waals surface area contributed by atoms with Gasteiger partial charge < -0.3 is 14.6 Å². The van der Waals surface area contributed by atoms with Gasteiger partial charge in [0.05, 0.1) is 6.10 Å². The van der Waals surface area contributed by atoms with Crippen molar-refractivity contribution in [3.63, 3.8) is 0 Å². The van der Waals surface area contributed by atoms with Crippen LogP contribution in [-0.4, -0.2) is 30.1 Å². The maximum absolute atomic E-state index is 10.0. The van der Waals surface area contributed by atoms with Crippen LogP contribution in [-0.2, 0) is 9.47 Å². The number of rotatable bonds is 1. The molecule has 0 aromatic heterocycles. The third-order valence-electron chi connectivity index (χ3n) is 3.72. The van der Waals surface area contributed by atoms with Crippen LogP contribution < -0.4 is 0 Å². The molecule has 0 bridgehead atoms. The summed E-state index contributed by atoms with van der Waals surface area (Å²) in [6.45, 7) is 8.84. The molecule has 1 aliphatic carbocycles. The molecule has 1 saturated heterocycles. The molecular formula is C14H26O4. The Morgan fingerprint density at radius 2 is 1.94 bits per heavy atom. The predicted molar refractivity (Wildman–Crippen MR) is 69.2 cm³/mol. The Bertz CT molecular complexity index is 265. The van der Waals surface area contributed by atoms with Crippen molar-refractivity contribution in [3.05, 3.63) is 0 Å².